The fraction of sp³-hybridized carbons (Fsp3) is 0.471. The normalized spacial score (nSPS) is 20.9. The number of fused-ring (bicyclic) bond motifs is 3. The van der Waals surface area contributed by atoms with Crippen LogP contribution in [0.1, 0.15) is 44.0 Å². The van der Waals surface area contributed by atoms with E-state index in [1.165, 1.54) is 32.1 Å². The molecule has 1 saturated carbocycles. The van der Waals surface area contributed by atoms with Gasteiger partial charge < -0.3 is 5.32 Å². The number of aromatic nitrogens is 3. The Bertz CT molecular complexity index is 761. The minimum Gasteiger partial charge on any atom is -0.363 e. The largest absolute Gasteiger partial charge is 0.363 e. The minimum atomic E-state index is -0.231. The highest BCUT2D eigenvalue weighted by molar-refractivity contribution is 5.75. The van der Waals surface area contributed by atoms with Gasteiger partial charge in [-0.25, -0.2) is 4.68 Å². The van der Waals surface area contributed by atoms with Gasteiger partial charge in [0.15, 0.2) is 5.82 Å². The van der Waals surface area contributed by atoms with Crippen molar-refractivity contribution in [2.45, 2.75) is 45.2 Å². The number of benzene rings is 1. The van der Waals surface area contributed by atoms with Crippen LogP contribution in [0.3, 0.4) is 0 Å². The van der Waals surface area contributed by atoms with Gasteiger partial charge in [-0.1, -0.05) is 31.4 Å². The Kier molecular flexibility index (Phi) is 3.21. The van der Waals surface area contributed by atoms with Gasteiger partial charge in [-0.15, -0.1) is 0 Å². The Labute approximate surface area is 129 Å². The van der Waals surface area contributed by atoms with Crippen LogP contribution in [0.5, 0.6) is 0 Å². The van der Waals surface area contributed by atoms with Crippen LogP contribution in [-0.2, 0) is 0 Å². The van der Waals surface area contributed by atoms with E-state index in [-0.39, 0.29) is 11.7 Å². The second-order valence-corrected chi connectivity index (χ2v) is 6.30. The van der Waals surface area contributed by atoms with Crippen LogP contribution in [0.15, 0.2) is 29.1 Å². The molecule has 1 aromatic carbocycles. The molecule has 0 unspecified atom stereocenters. The van der Waals surface area contributed by atoms with E-state index < -0.39 is 0 Å². The topological polar surface area (TPSA) is 59.8 Å². The Balaban J connectivity index is 1.87. The zero-order valence-electron chi connectivity index (χ0n) is 12.7. The van der Waals surface area contributed by atoms with Crippen LogP contribution in [-0.4, -0.2) is 14.8 Å². The number of nitrogens with zero attached hydrogens (tertiary/aromatic N) is 3. The highest BCUT2D eigenvalue weighted by Gasteiger charge is 2.32. The van der Waals surface area contributed by atoms with Gasteiger partial charge >= 0.3 is 0 Å². The van der Waals surface area contributed by atoms with Gasteiger partial charge in [-0.05, 0) is 37.8 Å². The van der Waals surface area contributed by atoms with E-state index in [9.17, 15) is 4.79 Å². The smallest absolute Gasteiger partial charge is 0.294 e. The van der Waals surface area contributed by atoms with Gasteiger partial charge in [0.25, 0.3) is 5.56 Å². The zero-order valence-corrected chi connectivity index (χ0v) is 12.7. The third kappa shape index (κ3) is 2.12. The van der Waals surface area contributed by atoms with Crippen LogP contribution in [0.4, 0.5) is 5.69 Å². The van der Waals surface area contributed by atoms with E-state index in [0.29, 0.717) is 17.4 Å². The third-order valence-corrected chi connectivity index (χ3v) is 4.82. The van der Waals surface area contributed by atoms with Crippen LogP contribution >= 0.6 is 0 Å². The van der Waals surface area contributed by atoms with Crippen molar-refractivity contribution in [1.29, 1.82) is 0 Å². The summed E-state index contributed by atoms with van der Waals surface area (Å²) in [5, 5.41) is 8.18. The third-order valence-electron chi connectivity index (χ3n) is 4.82. The van der Waals surface area contributed by atoms with E-state index in [1.54, 1.807) is 6.92 Å². The standard InChI is InChI=1S/C17H20N4O/c1-11-17(22)19-16-13-9-5-6-10-14(13)18-15(21(16)20-11)12-7-3-2-4-8-12/h5-6,9-10,12,15,18H,2-4,7-8H2,1H3/t15-/m1/s1. The molecular weight excluding hydrogens is 276 g/mol. The number of aryl methyl sites for hydroxylation is 1. The summed E-state index contributed by atoms with van der Waals surface area (Å²) in [7, 11) is 0. The highest BCUT2D eigenvalue weighted by Crippen LogP contribution is 2.40. The molecule has 5 heteroatoms. The molecule has 2 heterocycles. The maximum absolute atomic E-state index is 12.0. The second kappa shape index (κ2) is 5.23. The van der Waals surface area contributed by atoms with Gasteiger partial charge in [-0.3, -0.25) is 4.79 Å². The predicted octanol–water partition coefficient (Wildman–Crippen LogP) is 3.12. The Morgan fingerprint density at radius 2 is 1.95 bits per heavy atom. The molecule has 0 spiro atoms. The number of rotatable bonds is 1. The van der Waals surface area contributed by atoms with Crippen molar-refractivity contribution in [1.82, 2.24) is 14.8 Å². The molecule has 5 nitrogen and oxygen atoms in total. The van der Waals surface area contributed by atoms with Crippen molar-refractivity contribution in [2.24, 2.45) is 5.92 Å². The summed E-state index contributed by atoms with van der Waals surface area (Å²) >= 11 is 0. The molecule has 0 bridgehead atoms. The highest BCUT2D eigenvalue weighted by atomic mass is 16.1. The maximum atomic E-state index is 12.0. The molecule has 2 aliphatic rings. The Morgan fingerprint density at radius 3 is 2.77 bits per heavy atom. The minimum absolute atomic E-state index is 0.0944. The predicted molar refractivity (Wildman–Crippen MR) is 85.7 cm³/mol. The van der Waals surface area contributed by atoms with Crippen molar-refractivity contribution in [3.8, 4) is 11.4 Å². The summed E-state index contributed by atoms with van der Waals surface area (Å²) in [6, 6.07) is 8.03. The molecule has 2 aromatic rings. The molecule has 1 N–H and O–H groups in total. The Morgan fingerprint density at radius 1 is 1.18 bits per heavy atom. The summed E-state index contributed by atoms with van der Waals surface area (Å²) < 4.78 is 1.94. The molecule has 1 atom stereocenters. The van der Waals surface area contributed by atoms with Crippen molar-refractivity contribution >= 4 is 5.69 Å². The van der Waals surface area contributed by atoms with E-state index in [2.05, 4.69) is 21.5 Å². The number of nitrogens with one attached hydrogen (secondary N) is 1. The van der Waals surface area contributed by atoms with E-state index in [4.69, 9.17) is 0 Å². The number of hydrogen-bond acceptors (Lipinski definition) is 4. The fourth-order valence-corrected chi connectivity index (χ4v) is 3.65. The van der Waals surface area contributed by atoms with Crippen molar-refractivity contribution < 1.29 is 0 Å². The molecular formula is C17H20N4O. The van der Waals surface area contributed by atoms with Gasteiger partial charge in [0, 0.05) is 11.3 Å². The average Bonchev–Trinajstić information content (AvgIpc) is 2.56. The van der Waals surface area contributed by atoms with Crippen molar-refractivity contribution in [3.63, 3.8) is 0 Å². The summed E-state index contributed by atoms with van der Waals surface area (Å²) in [4.78, 5) is 16.3. The first-order valence-electron chi connectivity index (χ1n) is 8.07. The molecule has 1 aliphatic heterocycles. The monoisotopic (exact) mass is 296 g/mol. The fourth-order valence-electron chi connectivity index (χ4n) is 3.65. The van der Waals surface area contributed by atoms with Crippen LogP contribution in [0, 0.1) is 12.8 Å². The summed E-state index contributed by atoms with van der Waals surface area (Å²) in [6.07, 6.45) is 6.36. The molecule has 22 heavy (non-hydrogen) atoms. The van der Waals surface area contributed by atoms with Gasteiger partial charge in [0.05, 0.1) is 0 Å². The average molecular weight is 296 g/mol. The first kappa shape index (κ1) is 13.5. The second-order valence-electron chi connectivity index (χ2n) is 6.30. The number of hydrogen-bond donors (Lipinski definition) is 1. The van der Waals surface area contributed by atoms with Crippen molar-refractivity contribution in [2.75, 3.05) is 5.32 Å². The van der Waals surface area contributed by atoms with E-state index in [0.717, 1.165) is 11.3 Å². The number of anilines is 1. The lowest BCUT2D eigenvalue weighted by Gasteiger charge is -2.36. The molecule has 1 fully saturated rings. The lowest BCUT2D eigenvalue weighted by atomic mass is 9.86. The van der Waals surface area contributed by atoms with Crippen LogP contribution in [0.2, 0.25) is 0 Å². The quantitative estimate of drug-likeness (QED) is 0.878. The molecule has 114 valence electrons. The maximum Gasteiger partial charge on any atom is 0.294 e. The summed E-state index contributed by atoms with van der Waals surface area (Å²) in [5.41, 5.74) is 2.24. The lowest BCUT2D eigenvalue weighted by molar-refractivity contribution is 0.252. The summed E-state index contributed by atoms with van der Waals surface area (Å²) in [5.74, 6) is 1.23. The van der Waals surface area contributed by atoms with E-state index >= 15 is 0 Å². The molecule has 1 aliphatic carbocycles. The molecule has 0 saturated heterocycles. The summed E-state index contributed by atoms with van der Waals surface area (Å²) in [6.45, 7) is 1.74. The van der Waals surface area contributed by atoms with Crippen LogP contribution < -0.4 is 10.9 Å². The number of para-hydroxylation sites is 1. The lowest BCUT2D eigenvalue weighted by Crippen LogP contribution is -2.36. The van der Waals surface area contributed by atoms with Crippen LogP contribution in [0.25, 0.3) is 11.4 Å². The Hall–Kier alpha value is -2.17. The zero-order chi connectivity index (χ0) is 15.1. The first-order chi connectivity index (χ1) is 10.7. The molecule has 1 aromatic heterocycles. The molecule has 0 amide bonds. The van der Waals surface area contributed by atoms with Gasteiger partial charge in [0.1, 0.15) is 11.9 Å². The van der Waals surface area contributed by atoms with Gasteiger partial charge in [-0.2, -0.15) is 10.1 Å². The molecule has 4 rings (SSSR count). The molecule has 0 radical (unpaired) electrons. The van der Waals surface area contributed by atoms with Crippen molar-refractivity contribution in [3.05, 3.63) is 40.3 Å². The van der Waals surface area contributed by atoms with Gasteiger partial charge in [0.2, 0.25) is 0 Å². The first-order valence-corrected chi connectivity index (χ1v) is 8.07. The SMILES string of the molecule is Cc1nn2c(nc1=O)-c1ccccc1N[C@H]2C1CCCCC1. The van der Waals surface area contributed by atoms with E-state index in [1.807, 2.05) is 22.9 Å².